The van der Waals surface area contributed by atoms with Crippen LogP contribution in [0.5, 0.6) is 0 Å². The largest absolute Gasteiger partial charge is 0.396 e. The number of hydrogen-bond donors (Lipinski definition) is 1. The van der Waals surface area contributed by atoms with Gasteiger partial charge in [0.1, 0.15) is 0 Å². The Bertz CT molecular complexity index is 865. The number of aromatic nitrogens is 2. The van der Waals surface area contributed by atoms with Gasteiger partial charge in [-0.1, -0.05) is 36.8 Å². The zero-order valence-corrected chi connectivity index (χ0v) is 17.9. The van der Waals surface area contributed by atoms with E-state index in [0.29, 0.717) is 19.1 Å². The molecule has 3 rings (SSSR count). The van der Waals surface area contributed by atoms with E-state index in [1.165, 1.54) is 13.5 Å². The van der Waals surface area contributed by atoms with Crippen LogP contribution in [0.3, 0.4) is 0 Å². The lowest BCUT2D eigenvalue weighted by molar-refractivity contribution is 0.110. The molecule has 0 saturated carbocycles. The smallest absolute Gasteiger partial charge is 0.228 e. The number of methoxy groups -OCH3 is 1. The van der Waals surface area contributed by atoms with Crippen LogP contribution >= 0.6 is 0 Å². The van der Waals surface area contributed by atoms with Crippen LogP contribution in [0.25, 0.3) is 0 Å². The fraction of sp³-hybridized carbons (Fsp3) is 0.571. The number of aliphatic hydroxyl groups excluding tert-OH is 1. The van der Waals surface area contributed by atoms with E-state index >= 15 is 0 Å². The average Bonchev–Trinajstić information content (AvgIpc) is 3.12. The van der Waals surface area contributed by atoms with Crippen molar-refractivity contribution in [3.63, 3.8) is 0 Å². The summed E-state index contributed by atoms with van der Waals surface area (Å²) < 4.78 is 32.5. The third-order valence-corrected chi connectivity index (χ3v) is 7.08. The van der Waals surface area contributed by atoms with Gasteiger partial charge >= 0.3 is 0 Å². The summed E-state index contributed by atoms with van der Waals surface area (Å²) in [5.74, 6) is -0.0917. The molecular weight excluding hydrogens is 390 g/mol. The Morgan fingerprint density at radius 3 is 2.72 bits per heavy atom. The minimum Gasteiger partial charge on any atom is -0.396 e. The monoisotopic (exact) mass is 421 g/mol. The highest BCUT2D eigenvalue weighted by atomic mass is 32.2. The Labute approximate surface area is 173 Å². The standard InChI is InChI=1S/C21H31N3O4S/c1-28-13-14-29(26,27)21-22-15-20(24(21)16-18-7-3-2-4-8-18)17-23-11-6-5-9-19(23)10-12-25/h2-4,7-8,15,19,25H,5-6,9-14,16-17H2,1H3. The van der Waals surface area contributed by atoms with Gasteiger partial charge in [0.25, 0.3) is 0 Å². The summed E-state index contributed by atoms with van der Waals surface area (Å²) in [7, 11) is -2.05. The molecule has 29 heavy (non-hydrogen) atoms. The number of rotatable bonds is 10. The molecule has 1 aliphatic heterocycles. The molecule has 7 nitrogen and oxygen atoms in total. The predicted octanol–water partition coefficient (Wildman–Crippen LogP) is 2.09. The zero-order valence-electron chi connectivity index (χ0n) is 17.0. The first kappa shape index (κ1) is 22.0. The molecule has 0 bridgehead atoms. The van der Waals surface area contributed by atoms with E-state index in [-0.39, 0.29) is 24.1 Å². The summed E-state index contributed by atoms with van der Waals surface area (Å²) >= 11 is 0. The van der Waals surface area contributed by atoms with Crippen molar-refractivity contribution in [3.8, 4) is 0 Å². The molecule has 1 aliphatic rings. The fourth-order valence-electron chi connectivity index (χ4n) is 3.94. The quantitative estimate of drug-likeness (QED) is 0.632. The van der Waals surface area contributed by atoms with Crippen LogP contribution in [-0.4, -0.2) is 66.6 Å². The molecule has 0 radical (unpaired) electrons. The van der Waals surface area contributed by atoms with E-state index in [1.54, 1.807) is 6.20 Å². The number of aliphatic hydroxyl groups is 1. The van der Waals surface area contributed by atoms with Crippen molar-refractivity contribution in [1.29, 1.82) is 0 Å². The summed E-state index contributed by atoms with van der Waals surface area (Å²) in [6.07, 6.45) is 5.78. The molecule has 1 aromatic heterocycles. The van der Waals surface area contributed by atoms with Gasteiger partial charge in [-0.3, -0.25) is 4.90 Å². The maximum absolute atomic E-state index is 12.9. The summed E-state index contributed by atoms with van der Waals surface area (Å²) in [6, 6.07) is 10.2. The van der Waals surface area contributed by atoms with Crippen molar-refractivity contribution < 1.29 is 18.3 Å². The van der Waals surface area contributed by atoms with Crippen molar-refractivity contribution in [2.45, 2.75) is 50.0 Å². The number of nitrogens with zero attached hydrogens (tertiary/aromatic N) is 3. The molecule has 1 atom stereocenters. The lowest BCUT2D eigenvalue weighted by atomic mass is 9.99. The average molecular weight is 422 g/mol. The van der Waals surface area contributed by atoms with Gasteiger partial charge in [0.15, 0.2) is 0 Å². The molecule has 0 amide bonds. The highest BCUT2D eigenvalue weighted by molar-refractivity contribution is 7.91. The first-order chi connectivity index (χ1) is 14.0. The topological polar surface area (TPSA) is 84.7 Å². The van der Waals surface area contributed by atoms with Crippen LogP contribution in [0, 0.1) is 0 Å². The SMILES string of the molecule is COCCS(=O)(=O)c1ncc(CN2CCCCC2CCO)n1Cc1ccccc1. The summed E-state index contributed by atoms with van der Waals surface area (Å²) in [5.41, 5.74) is 1.91. The molecule has 0 spiro atoms. The number of likely N-dealkylation sites (tertiary alicyclic amines) is 1. The molecule has 1 saturated heterocycles. The fourth-order valence-corrected chi connectivity index (χ4v) is 5.24. The molecule has 1 N–H and O–H groups in total. The second kappa shape index (κ2) is 10.3. The van der Waals surface area contributed by atoms with Crippen LogP contribution in [0.15, 0.2) is 41.7 Å². The lowest BCUT2D eigenvalue weighted by Crippen LogP contribution is -2.40. The predicted molar refractivity (Wildman–Crippen MR) is 111 cm³/mol. The van der Waals surface area contributed by atoms with Gasteiger partial charge in [0, 0.05) is 26.3 Å². The van der Waals surface area contributed by atoms with Gasteiger partial charge in [-0.05, 0) is 31.4 Å². The molecule has 160 valence electrons. The van der Waals surface area contributed by atoms with Crippen molar-refractivity contribution in [3.05, 3.63) is 47.8 Å². The van der Waals surface area contributed by atoms with Gasteiger partial charge in [-0.15, -0.1) is 0 Å². The molecule has 2 heterocycles. The molecule has 0 aliphatic carbocycles. The number of ether oxygens (including phenoxy) is 1. The Morgan fingerprint density at radius 2 is 2.00 bits per heavy atom. The van der Waals surface area contributed by atoms with Crippen LogP contribution < -0.4 is 0 Å². The number of benzene rings is 1. The van der Waals surface area contributed by atoms with Crippen LogP contribution in [-0.2, 0) is 27.7 Å². The van der Waals surface area contributed by atoms with Crippen molar-refractivity contribution >= 4 is 9.84 Å². The van der Waals surface area contributed by atoms with Gasteiger partial charge < -0.3 is 14.4 Å². The van der Waals surface area contributed by atoms with Crippen LogP contribution in [0.4, 0.5) is 0 Å². The van der Waals surface area contributed by atoms with Gasteiger partial charge in [0.2, 0.25) is 15.0 Å². The van der Waals surface area contributed by atoms with E-state index in [4.69, 9.17) is 4.74 Å². The van der Waals surface area contributed by atoms with Crippen LogP contribution in [0.2, 0.25) is 0 Å². The number of imidazole rings is 1. The van der Waals surface area contributed by atoms with Gasteiger partial charge in [-0.2, -0.15) is 0 Å². The maximum atomic E-state index is 12.9. The molecule has 2 aromatic rings. The third-order valence-electron chi connectivity index (χ3n) is 5.50. The minimum atomic E-state index is -3.55. The van der Waals surface area contributed by atoms with E-state index < -0.39 is 9.84 Å². The second-order valence-corrected chi connectivity index (χ2v) is 9.55. The summed E-state index contributed by atoms with van der Waals surface area (Å²) in [5, 5.41) is 9.51. The minimum absolute atomic E-state index is 0.0917. The molecule has 1 unspecified atom stereocenters. The molecule has 1 aromatic carbocycles. The highest BCUT2D eigenvalue weighted by Gasteiger charge is 2.27. The lowest BCUT2D eigenvalue weighted by Gasteiger charge is -2.35. The molecule has 8 heteroatoms. The Balaban J connectivity index is 1.91. The summed E-state index contributed by atoms with van der Waals surface area (Å²) in [4.78, 5) is 6.67. The van der Waals surface area contributed by atoms with E-state index in [9.17, 15) is 13.5 Å². The van der Waals surface area contributed by atoms with Crippen molar-refractivity contribution in [2.24, 2.45) is 0 Å². The number of piperidine rings is 1. The Hall–Kier alpha value is -1.74. The molecular formula is C21H31N3O4S. The van der Waals surface area contributed by atoms with Crippen LogP contribution in [0.1, 0.15) is 36.9 Å². The molecule has 1 fully saturated rings. The second-order valence-electron chi connectivity index (χ2n) is 7.55. The van der Waals surface area contributed by atoms with Gasteiger partial charge in [-0.25, -0.2) is 13.4 Å². The first-order valence-electron chi connectivity index (χ1n) is 10.2. The first-order valence-corrected chi connectivity index (χ1v) is 11.9. The van der Waals surface area contributed by atoms with Crippen molar-refractivity contribution in [1.82, 2.24) is 14.5 Å². The van der Waals surface area contributed by atoms with Crippen molar-refractivity contribution in [2.75, 3.05) is 32.6 Å². The maximum Gasteiger partial charge on any atom is 0.228 e. The van der Waals surface area contributed by atoms with E-state index in [0.717, 1.165) is 37.1 Å². The third kappa shape index (κ3) is 5.66. The van der Waals surface area contributed by atoms with E-state index in [1.807, 2.05) is 34.9 Å². The Morgan fingerprint density at radius 1 is 1.21 bits per heavy atom. The highest BCUT2D eigenvalue weighted by Crippen LogP contribution is 2.24. The Kier molecular flexibility index (Phi) is 7.83. The van der Waals surface area contributed by atoms with Gasteiger partial charge in [0.05, 0.1) is 30.8 Å². The van der Waals surface area contributed by atoms with E-state index in [2.05, 4.69) is 9.88 Å². The number of sulfone groups is 1. The normalized spacial score (nSPS) is 18.2. The summed E-state index contributed by atoms with van der Waals surface area (Å²) in [6.45, 7) is 2.34. The zero-order chi connectivity index (χ0) is 20.7. The number of hydrogen-bond acceptors (Lipinski definition) is 6.